The smallest absolute Gasteiger partial charge is 0.119 e. The van der Waals surface area contributed by atoms with Crippen molar-refractivity contribution in [3.05, 3.63) is 48.0 Å². The lowest BCUT2D eigenvalue weighted by Gasteiger charge is -2.29. The Labute approximate surface area is 101 Å². The number of ether oxygens (including phenoxy) is 1. The minimum atomic E-state index is 0.927. The molecule has 0 fully saturated rings. The van der Waals surface area contributed by atoms with Gasteiger partial charge in [-0.15, -0.1) is 0 Å². The molecular formula is C15H15NO. The van der Waals surface area contributed by atoms with Gasteiger partial charge in [0.2, 0.25) is 0 Å². The van der Waals surface area contributed by atoms with Crippen LogP contribution in [-0.2, 0) is 6.54 Å². The van der Waals surface area contributed by atoms with Crippen molar-refractivity contribution in [2.45, 2.75) is 6.54 Å². The van der Waals surface area contributed by atoms with Crippen LogP contribution in [0.5, 0.6) is 5.75 Å². The third-order valence-electron chi connectivity index (χ3n) is 3.33. The zero-order valence-electron chi connectivity index (χ0n) is 10.1. The maximum atomic E-state index is 5.28. The van der Waals surface area contributed by atoms with Crippen LogP contribution in [0, 0.1) is 0 Å². The van der Waals surface area contributed by atoms with Gasteiger partial charge in [-0.2, -0.15) is 0 Å². The standard InChI is InChI=1S/C15H15NO/c1-16-10-11-9-12(17-2)7-8-13(11)14-5-3-4-6-15(14)16/h3-9H,10H2,1-2H3. The zero-order chi connectivity index (χ0) is 11.8. The molecule has 0 aromatic heterocycles. The van der Waals surface area contributed by atoms with E-state index in [2.05, 4.69) is 48.3 Å². The van der Waals surface area contributed by atoms with E-state index in [1.807, 2.05) is 6.07 Å². The van der Waals surface area contributed by atoms with Gasteiger partial charge >= 0.3 is 0 Å². The van der Waals surface area contributed by atoms with E-state index in [4.69, 9.17) is 4.74 Å². The van der Waals surface area contributed by atoms with Gasteiger partial charge in [0.25, 0.3) is 0 Å². The van der Waals surface area contributed by atoms with E-state index in [0.717, 1.165) is 12.3 Å². The molecule has 0 saturated carbocycles. The molecular weight excluding hydrogens is 210 g/mol. The van der Waals surface area contributed by atoms with E-state index < -0.39 is 0 Å². The Morgan fingerprint density at radius 2 is 1.88 bits per heavy atom. The first-order valence-corrected chi connectivity index (χ1v) is 5.77. The normalized spacial score (nSPS) is 12.9. The van der Waals surface area contributed by atoms with Crippen LogP contribution in [0.25, 0.3) is 11.1 Å². The summed E-state index contributed by atoms with van der Waals surface area (Å²) in [4.78, 5) is 2.27. The molecule has 0 bridgehead atoms. The van der Waals surface area contributed by atoms with E-state index in [1.165, 1.54) is 22.4 Å². The number of para-hydroxylation sites is 1. The summed E-state index contributed by atoms with van der Waals surface area (Å²) in [6, 6.07) is 14.8. The van der Waals surface area contributed by atoms with E-state index in [1.54, 1.807) is 7.11 Å². The van der Waals surface area contributed by atoms with Gasteiger partial charge in [-0.1, -0.05) is 24.3 Å². The van der Waals surface area contributed by atoms with Crippen molar-refractivity contribution in [2.75, 3.05) is 19.1 Å². The second-order valence-corrected chi connectivity index (χ2v) is 4.40. The van der Waals surface area contributed by atoms with Crippen LogP contribution in [0.1, 0.15) is 5.56 Å². The maximum Gasteiger partial charge on any atom is 0.119 e. The highest BCUT2D eigenvalue weighted by Gasteiger charge is 2.19. The monoisotopic (exact) mass is 225 g/mol. The molecule has 0 unspecified atom stereocenters. The van der Waals surface area contributed by atoms with Crippen LogP contribution >= 0.6 is 0 Å². The molecule has 1 aliphatic heterocycles. The third kappa shape index (κ3) is 1.57. The minimum absolute atomic E-state index is 0.927. The van der Waals surface area contributed by atoms with E-state index >= 15 is 0 Å². The van der Waals surface area contributed by atoms with Crippen LogP contribution < -0.4 is 9.64 Å². The highest BCUT2D eigenvalue weighted by Crippen LogP contribution is 2.39. The zero-order valence-corrected chi connectivity index (χ0v) is 10.1. The topological polar surface area (TPSA) is 12.5 Å². The summed E-state index contributed by atoms with van der Waals surface area (Å²) in [5.74, 6) is 0.927. The summed E-state index contributed by atoms with van der Waals surface area (Å²) in [5.41, 5.74) is 5.24. The van der Waals surface area contributed by atoms with Crippen LogP contribution in [-0.4, -0.2) is 14.2 Å². The lowest BCUT2D eigenvalue weighted by molar-refractivity contribution is 0.414. The Kier molecular flexibility index (Phi) is 2.29. The first-order valence-electron chi connectivity index (χ1n) is 5.77. The maximum absolute atomic E-state index is 5.28. The van der Waals surface area contributed by atoms with Crippen molar-refractivity contribution in [2.24, 2.45) is 0 Å². The molecule has 0 radical (unpaired) electrons. The first-order chi connectivity index (χ1) is 8.29. The van der Waals surface area contributed by atoms with Crippen molar-refractivity contribution in [1.29, 1.82) is 0 Å². The number of nitrogens with zero attached hydrogens (tertiary/aromatic N) is 1. The van der Waals surface area contributed by atoms with Crippen molar-refractivity contribution in [3.63, 3.8) is 0 Å². The Hall–Kier alpha value is -1.96. The number of rotatable bonds is 1. The summed E-state index contributed by atoms with van der Waals surface area (Å²) < 4.78 is 5.28. The number of benzene rings is 2. The van der Waals surface area contributed by atoms with E-state index in [0.29, 0.717) is 0 Å². The Morgan fingerprint density at radius 3 is 2.71 bits per heavy atom. The number of hydrogen-bond acceptors (Lipinski definition) is 2. The van der Waals surface area contributed by atoms with Crippen LogP contribution in [0.3, 0.4) is 0 Å². The summed E-state index contributed by atoms with van der Waals surface area (Å²) in [7, 11) is 3.84. The van der Waals surface area contributed by atoms with Gasteiger partial charge in [-0.25, -0.2) is 0 Å². The van der Waals surface area contributed by atoms with Crippen molar-refractivity contribution < 1.29 is 4.74 Å². The lowest BCUT2D eigenvalue weighted by Crippen LogP contribution is -2.21. The second-order valence-electron chi connectivity index (χ2n) is 4.40. The molecule has 2 aromatic carbocycles. The lowest BCUT2D eigenvalue weighted by atomic mass is 9.93. The van der Waals surface area contributed by atoms with Crippen LogP contribution in [0.4, 0.5) is 5.69 Å². The Morgan fingerprint density at radius 1 is 1.06 bits per heavy atom. The largest absolute Gasteiger partial charge is 0.497 e. The summed E-state index contributed by atoms with van der Waals surface area (Å²) in [5, 5.41) is 0. The number of anilines is 1. The fraction of sp³-hybridized carbons (Fsp3) is 0.200. The van der Waals surface area contributed by atoms with Crippen LogP contribution in [0.2, 0.25) is 0 Å². The van der Waals surface area contributed by atoms with E-state index in [-0.39, 0.29) is 0 Å². The molecule has 86 valence electrons. The molecule has 17 heavy (non-hydrogen) atoms. The fourth-order valence-corrected chi connectivity index (χ4v) is 2.47. The number of fused-ring (bicyclic) bond motifs is 3. The second kappa shape index (κ2) is 3.81. The quantitative estimate of drug-likeness (QED) is 0.738. The summed E-state index contributed by atoms with van der Waals surface area (Å²) in [6.45, 7) is 0.934. The molecule has 3 rings (SSSR count). The minimum Gasteiger partial charge on any atom is -0.497 e. The van der Waals surface area contributed by atoms with Crippen molar-refractivity contribution in [3.8, 4) is 16.9 Å². The van der Waals surface area contributed by atoms with Crippen LogP contribution in [0.15, 0.2) is 42.5 Å². The highest BCUT2D eigenvalue weighted by molar-refractivity contribution is 5.83. The SMILES string of the molecule is COc1ccc2c(c1)CN(C)c1ccccc1-2. The van der Waals surface area contributed by atoms with Gasteiger partial charge in [0.15, 0.2) is 0 Å². The van der Waals surface area contributed by atoms with Gasteiger partial charge in [0, 0.05) is 24.8 Å². The molecule has 2 nitrogen and oxygen atoms in total. The Balaban J connectivity index is 2.21. The predicted octanol–water partition coefficient (Wildman–Crippen LogP) is 3.31. The third-order valence-corrected chi connectivity index (χ3v) is 3.33. The molecule has 2 aromatic rings. The molecule has 0 N–H and O–H groups in total. The van der Waals surface area contributed by atoms with Gasteiger partial charge < -0.3 is 9.64 Å². The van der Waals surface area contributed by atoms with Gasteiger partial charge in [-0.05, 0) is 29.3 Å². The molecule has 0 spiro atoms. The van der Waals surface area contributed by atoms with E-state index in [9.17, 15) is 0 Å². The summed E-state index contributed by atoms with van der Waals surface area (Å²) >= 11 is 0. The summed E-state index contributed by atoms with van der Waals surface area (Å²) in [6.07, 6.45) is 0. The Bertz CT molecular complexity index is 563. The molecule has 1 heterocycles. The fourth-order valence-electron chi connectivity index (χ4n) is 2.47. The number of methoxy groups -OCH3 is 1. The molecule has 1 aliphatic rings. The molecule has 0 amide bonds. The molecule has 0 aliphatic carbocycles. The first kappa shape index (κ1) is 10.2. The van der Waals surface area contributed by atoms with Gasteiger partial charge in [0.05, 0.1) is 7.11 Å². The average Bonchev–Trinajstić information content (AvgIpc) is 2.38. The predicted molar refractivity (Wildman–Crippen MR) is 70.5 cm³/mol. The highest BCUT2D eigenvalue weighted by atomic mass is 16.5. The van der Waals surface area contributed by atoms with Gasteiger partial charge in [0.1, 0.15) is 5.75 Å². The molecule has 2 heteroatoms. The molecule has 0 saturated heterocycles. The number of hydrogen-bond donors (Lipinski definition) is 0. The van der Waals surface area contributed by atoms with Crippen molar-refractivity contribution >= 4 is 5.69 Å². The molecule has 0 atom stereocenters. The van der Waals surface area contributed by atoms with Gasteiger partial charge in [-0.3, -0.25) is 0 Å². The van der Waals surface area contributed by atoms with Crippen molar-refractivity contribution in [1.82, 2.24) is 0 Å². The average molecular weight is 225 g/mol.